The largest absolute Gasteiger partial charge is 0.361 e. The molecule has 0 bridgehead atoms. The Morgan fingerprint density at radius 3 is 3.09 bits per heavy atom. The van der Waals surface area contributed by atoms with Gasteiger partial charge in [0.2, 0.25) is 0 Å². The summed E-state index contributed by atoms with van der Waals surface area (Å²) in [6, 6.07) is 10.1. The molecule has 0 radical (unpaired) electrons. The van der Waals surface area contributed by atoms with Crippen molar-refractivity contribution < 1.29 is 4.79 Å². The van der Waals surface area contributed by atoms with E-state index in [1.165, 1.54) is 5.39 Å². The summed E-state index contributed by atoms with van der Waals surface area (Å²) in [6.45, 7) is 3.18. The van der Waals surface area contributed by atoms with Crippen molar-refractivity contribution >= 4 is 34.1 Å². The molecule has 1 aromatic carbocycles. The van der Waals surface area contributed by atoms with Gasteiger partial charge in [0.25, 0.3) is 0 Å². The molecule has 0 fully saturated rings. The second kappa shape index (κ2) is 5.31. The Labute approximate surface area is 133 Å². The highest BCUT2D eigenvalue weighted by molar-refractivity contribution is 5.93. The van der Waals surface area contributed by atoms with Gasteiger partial charge in [-0.05, 0) is 36.6 Å². The molecule has 0 atom stereocenters. The van der Waals surface area contributed by atoms with Crippen molar-refractivity contribution in [3.05, 3.63) is 48.3 Å². The van der Waals surface area contributed by atoms with E-state index in [1.54, 1.807) is 11.1 Å². The lowest BCUT2D eigenvalue weighted by Gasteiger charge is -2.29. The number of carbonyl (C=O) groups excluding carboxylic acids is 1. The zero-order valence-corrected chi connectivity index (χ0v) is 12.8. The molecule has 0 aliphatic carbocycles. The molecule has 3 aromatic rings. The van der Waals surface area contributed by atoms with Gasteiger partial charge in [-0.1, -0.05) is 6.07 Å². The molecule has 0 unspecified atom stereocenters. The average Bonchev–Trinajstić information content (AvgIpc) is 3.02. The standard InChI is InChI=1S/C17H17N5O/c1-2-22-10-13-14(6-8-19-16(13)21-17(22)23)20-12-4-3-11-5-7-18-15(11)9-12/h3-9,18H,2,10H2,1H3,(H2,19,20,21,23). The summed E-state index contributed by atoms with van der Waals surface area (Å²) >= 11 is 0. The van der Waals surface area contributed by atoms with Gasteiger partial charge in [-0.25, -0.2) is 9.78 Å². The SMILES string of the molecule is CCN1Cc2c(Nc3ccc4cc[nH]c4c3)ccnc2NC1=O. The van der Waals surface area contributed by atoms with Crippen LogP contribution in [0.15, 0.2) is 42.7 Å². The highest BCUT2D eigenvalue weighted by Gasteiger charge is 2.24. The number of rotatable bonds is 3. The maximum absolute atomic E-state index is 11.9. The van der Waals surface area contributed by atoms with Gasteiger partial charge in [-0.15, -0.1) is 0 Å². The summed E-state index contributed by atoms with van der Waals surface area (Å²) < 4.78 is 0. The molecule has 6 nitrogen and oxygen atoms in total. The molecule has 116 valence electrons. The van der Waals surface area contributed by atoms with Crippen LogP contribution in [0.1, 0.15) is 12.5 Å². The number of pyridine rings is 1. The average molecular weight is 307 g/mol. The van der Waals surface area contributed by atoms with Crippen molar-refractivity contribution in [3.8, 4) is 0 Å². The normalized spacial score (nSPS) is 13.8. The van der Waals surface area contributed by atoms with Gasteiger partial charge in [0, 0.05) is 41.4 Å². The number of carbonyl (C=O) groups is 1. The Bertz CT molecular complexity index is 886. The third-order valence-electron chi connectivity index (χ3n) is 4.13. The summed E-state index contributed by atoms with van der Waals surface area (Å²) in [4.78, 5) is 21.2. The highest BCUT2D eigenvalue weighted by Crippen LogP contribution is 2.30. The molecule has 0 saturated heterocycles. The first-order valence-corrected chi connectivity index (χ1v) is 7.62. The molecule has 4 rings (SSSR count). The van der Waals surface area contributed by atoms with E-state index in [4.69, 9.17) is 0 Å². The molecule has 2 aromatic heterocycles. The van der Waals surface area contributed by atoms with Crippen molar-refractivity contribution in [1.29, 1.82) is 0 Å². The van der Waals surface area contributed by atoms with Crippen molar-refractivity contribution in [1.82, 2.24) is 14.9 Å². The summed E-state index contributed by atoms with van der Waals surface area (Å²) in [6.07, 6.45) is 3.63. The number of nitrogens with zero attached hydrogens (tertiary/aromatic N) is 2. The summed E-state index contributed by atoms with van der Waals surface area (Å²) in [5.74, 6) is 0.630. The van der Waals surface area contributed by atoms with Crippen LogP contribution in [0.2, 0.25) is 0 Å². The predicted molar refractivity (Wildman–Crippen MR) is 90.9 cm³/mol. The lowest BCUT2D eigenvalue weighted by Crippen LogP contribution is -2.39. The summed E-state index contributed by atoms with van der Waals surface area (Å²) in [5.41, 5.74) is 4.04. The van der Waals surface area contributed by atoms with Gasteiger partial charge in [0.05, 0.1) is 6.54 Å². The maximum Gasteiger partial charge on any atom is 0.323 e. The molecular weight excluding hydrogens is 290 g/mol. The number of benzene rings is 1. The highest BCUT2D eigenvalue weighted by atomic mass is 16.2. The van der Waals surface area contributed by atoms with Crippen LogP contribution in [0, 0.1) is 0 Å². The lowest BCUT2D eigenvalue weighted by molar-refractivity contribution is 0.209. The number of aromatic amines is 1. The molecule has 2 amide bonds. The Morgan fingerprint density at radius 1 is 1.30 bits per heavy atom. The lowest BCUT2D eigenvalue weighted by atomic mass is 10.1. The number of urea groups is 1. The Hall–Kier alpha value is -3.02. The minimum absolute atomic E-state index is 0.0996. The topological polar surface area (TPSA) is 73.1 Å². The van der Waals surface area contributed by atoms with Gasteiger partial charge in [0.15, 0.2) is 0 Å². The van der Waals surface area contributed by atoms with E-state index >= 15 is 0 Å². The van der Waals surface area contributed by atoms with E-state index in [2.05, 4.69) is 32.7 Å². The van der Waals surface area contributed by atoms with Crippen molar-refractivity contribution in [2.24, 2.45) is 0 Å². The summed E-state index contributed by atoms with van der Waals surface area (Å²) in [5, 5.41) is 7.46. The molecule has 0 saturated carbocycles. The third kappa shape index (κ3) is 2.38. The number of anilines is 3. The van der Waals surface area contributed by atoms with Crippen LogP contribution in [0.3, 0.4) is 0 Å². The Morgan fingerprint density at radius 2 is 2.22 bits per heavy atom. The molecule has 3 heterocycles. The summed E-state index contributed by atoms with van der Waals surface area (Å²) in [7, 11) is 0. The molecule has 3 N–H and O–H groups in total. The van der Waals surface area contributed by atoms with Gasteiger partial charge in [-0.3, -0.25) is 5.32 Å². The Kier molecular flexibility index (Phi) is 3.15. The van der Waals surface area contributed by atoms with Gasteiger partial charge < -0.3 is 15.2 Å². The second-order valence-electron chi connectivity index (χ2n) is 5.53. The van der Waals surface area contributed by atoms with Crippen LogP contribution < -0.4 is 10.6 Å². The molecule has 23 heavy (non-hydrogen) atoms. The van der Waals surface area contributed by atoms with Crippen molar-refractivity contribution in [3.63, 3.8) is 0 Å². The number of amides is 2. The van der Waals surface area contributed by atoms with E-state index in [-0.39, 0.29) is 6.03 Å². The van der Waals surface area contributed by atoms with Crippen molar-refractivity contribution in [2.75, 3.05) is 17.2 Å². The fraction of sp³-hybridized carbons (Fsp3) is 0.176. The minimum Gasteiger partial charge on any atom is -0.361 e. The Balaban J connectivity index is 1.69. The minimum atomic E-state index is -0.0996. The first-order valence-electron chi connectivity index (χ1n) is 7.62. The fourth-order valence-electron chi connectivity index (χ4n) is 2.86. The van der Waals surface area contributed by atoms with E-state index in [0.29, 0.717) is 18.9 Å². The second-order valence-corrected chi connectivity index (χ2v) is 5.53. The van der Waals surface area contributed by atoms with E-state index < -0.39 is 0 Å². The number of hydrogen-bond donors (Lipinski definition) is 3. The number of hydrogen-bond acceptors (Lipinski definition) is 3. The van der Waals surface area contributed by atoms with Crippen LogP contribution in [0.4, 0.5) is 22.0 Å². The van der Waals surface area contributed by atoms with E-state index in [9.17, 15) is 4.79 Å². The van der Waals surface area contributed by atoms with Gasteiger partial charge in [0.1, 0.15) is 5.82 Å². The number of H-pyrrole nitrogens is 1. The van der Waals surface area contributed by atoms with Crippen LogP contribution in [0.25, 0.3) is 10.9 Å². The van der Waals surface area contributed by atoms with Crippen LogP contribution >= 0.6 is 0 Å². The number of fused-ring (bicyclic) bond motifs is 2. The molecule has 0 spiro atoms. The van der Waals surface area contributed by atoms with E-state index in [1.807, 2.05) is 31.3 Å². The van der Waals surface area contributed by atoms with Gasteiger partial charge in [-0.2, -0.15) is 0 Å². The molecule has 1 aliphatic heterocycles. The van der Waals surface area contributed by atoms with Crippen LogP contribution in [-0.2, 0) is 6.54 Å². The van der Waals surface area contributed by atoms with Crippen LogP contribution in [-0.4, -0.2) is 27.4 Å². The van der Waals surface area contributed by atoms with Gasteiger partial charge >= 0.3 is 6.03 Å². The predicted octanol–water partition coefficient (Wildman–Crippen LogP) is 3.67. The first-order chi connectivity index (χ1) is 11.2. The number of aromatic nitrogens is 2. The third-order valence-corrected chi connectivity index (χ3v) is 4.13. The fourth-order valence-corrected chi connectivity index (χ4v) is 2.86. The first kappa shape index (κ1) is 13.6. The molecule has 1 aliphatic rings. The van der Waals surface area contributed by atoms with Crippen molar-refractivity contribution in [2.45, 2.75) is 13.5 Å². The quantitative estimate of drug-likeness (QED) is 0.691. The van der Waals surface area contributed by atoms with E-state index in [0.717, 1.165) is 22.5 Å². The zero-order valence-electron chi connectivity index (χ0n) is 12.8. The molecule has 6 heteroatoms. The monoisotopic (exact) mass is 307 g/mol. The van der Waals surface area contributed by atoms with Crippen LogP contribution in [0.5, 0.6) is 0 Å². The smallest absolute Gasteiger partial charge is 0.323 e. The number of nitrogens with one attached hydrogen (secondary N) is 3. The maximum atomic E-state index is 11.9. The molecular formula is C17H17N5O. The zero-order chi connectivity index (χ0) is 15.8.